The van der Waals surface area contributed by atoms with Gasteiger partial charge in [0.15, 0.2) is 0 Å². The van der Waals surface area contributed by atoms with E-state index in [1.54, 1.807) is 42.1 Å². The van der Waals surface area contributed by atoms with Gasteiger partial charge in [-0.3, -0.25) is 38.7 Å². The quantitative estimate of drug-likeness (QED) is 0.0357. The van der Waals surface area contributed by atoms with Crippen LogP contribution >= 0.6 is 11.3 Å². The van der Waals surface area contributed by atoms with Gasteiger partial charge in [-0.15, -0.1) is 11.3 Å². The van der Waals surface area contributed by atoms with Crippen LogP contribution in [-0.4, -0.2) is 218 Å². The molecule has 0 bridgehead atoms. The van der Waals surface area contributed by atoms with Crippen LogP contribution in [0.2, 0.25) is 0 Å². The Bertz CT molecular complexity index is 2890. The van der Waals surface area contributed by atoms with Crippen LogP contribution in [-0.2, 0) is 49.5 Å². The van der Waals surface area contributed by atoms with Gasteiger partial charge in [-0.2, -0.15) is 0 Å². The Labute approximate surface area is 528 Å². The molecule has 484 valence electrons. The van der Waals surface area contributed by atoms with Gasteiger partial charge < -0.3 is 59.6 Å². The fourth-order valence-corrected chi connectivity index (χ4v) is 12.6. The van der Waals surface area contributed by atoms with Crippen LogP contribution in [0.25, 0.3) is 16.5 Å². The summed E-state index contributed by atoms with van der Waals surface area (Å²) in [5, 5.41) is 19.3. The van der Waals surface area contributed by atoms with Crippen molar-refractivity contribution >= 4 is 58.7 Å². The number of likely N-dealkylation sites (tertiary alicyclic amines) is 2. The number of nitrogens with zero attached hydrogens (tertiary/aromatic N) is 8. The van der Waals surface area contributed by atoms with E-state index in [9.17, 15) is 33.9 Å². The number of piperazine rings is 1. The third-order valence-corrected chi connectivity index (χ3v) is 18.1. The van der Waals surface area contributed by atoms with Crippen molar-refractivity contribution in [1.29, 1.82) is 0 Å². The zero-order valence-electron chi connectivity index (χ0n) is 52.5. The first-order valence-corrected chi connectivity index (χ1v) is 32.7. The van der Waals surface area contributed by atoms with Crippen molar-refractivity contribution in [2.24, 2.45) is 11.3 Å². The minimum atomic E-state index is -0.936. The van der Waals surface area contributed by atoms with E-state index in [0.29, 0.717) is 83.2 Å². The number of aromatic nitrogens is 3. The predicted molar refractivity (Wildman–Crippen MR) is 341 cm³/mol. The first-order chi connectivity index (χ1) is 43.1. The summed E-state index contributed by atoms with van der Waals surface area (Å²) in [4.78, 5) is 103. The minimum absolute atomic E-state index is 0.00956. The number of rotatable bonds is 31. The first-order valence-electron chi connectivity index (χ1n) is 31.8. The maximum absolute atomic E-state index is 14.0. The molecule has 8 rings (SSSR count). The molecule has 7 heterocycles. The number of nitrogens with one attached hydrogen (secondary N) is 3. The van der Waals surface area contributed by atoms with Crippen molar-refractivity contribution in [3.8, 4) is 10.4 Å². The smallest absolute Gasteiger partial charge is 0.255 e. The highest BCUT2D eigenvalue weighted by Crippen LogP contribution is 2.30. The lowest BCUT2D eigenvalue weighted by Gasteiger charge is -2.43. The lowest BCUT2D eigenvalue weighted by atomic mass is 9.85. The van der Waals surface area contributed by atoms with Gasteiger partial charge in [0.1, 0.15) is 17.9 Å². The molecule has 1 aromatic carbocycles. The van der Waals surface area contributed by atoms with Gasteiger partial charge in [-0.25, -0.2) is 9.97 Å². The van der Waals surface area contributed by atoms with E-state index in [2.05, 4.69) is 35.7 Å². The predicted octanol–water partition coefficient (Wildman–Crippen LogP) is 5.53. The number of aryl methyl sites for hydroxylation is 1. The van der Waals surface area contributed by atoms with E-state index in [0.717, 1.165) is 117 Å². The van der Waals surface area contributed by atoms with Gasteiger partial charge in [0.05, 0.1) is 87.0 Å². The summed E-state index contributed by atoms with van der Waals surface area (Å²) in [6.45, 7) is 17.3. The van der Waals surface area contributed by atoms with Gasteiger partial charge in [-0.05, 0) is 91.3 Å². The number of hydrogen-bond donors (Lipinski definition) is 4. The Morgan fingerprint density at radius 1 is 0.753 bits per heavy atom. The van der Waals surface area contributed by atoms with Crippen molar-refractivity contribution < 1.29 is 52.8 Å². The summed E-state index contributed by atoms with van der Waals surface area (Å²) in [5.74, 6) is 0.377. The number of aliphatic hydroxyl groups is 1. The van der Waals surface area contributed by atoms with Gasteiger partial charge in [0.25, 0.3) is 5.91 Å². The number of hydrogen-bond acceptors (Lipinski definition) is 17. The third kappa shape index (κ3) is 21.5. The summed E-state index contributed by atoms with van der Waals surface area (Å²) >= 11 is 1.57. The summed E-state index contributed by atoms with van der Waals surface area (Å²) in [6.07, 6.45) is 15.1. The fraction of sp³-hybridized carbons (Fsp3) is 0.591. The van der Waals surface area contributed by atoms with E-state index in [1.807, 2.05) is 91.5 Å². The maximum Gasteiger partial charge on any atom is 0.255 e. The Morgan fingerprint density at radius 3 is 2.07 bits per heavy atom. The molecule has 0 saturated carbocycles. The number of thiazole rings is 1. The lowest BCUT2D eigenvalue weighted by Crippen LogP contribution is -2.57. The van der Waals surface area contributed by atoms with E-state index in [4.69, 9.17) is 23.9 Å². The van der Waals surface area contributed by atoms with Crippen LogP contribution in [0.15, 0.2) is 78.7 Å². The van der Waals surface area contributed by atoms with E-state index < -0.39 is 29.5 Å². The van der Waals surface area contributed by atoms with Crippen LogP contribution in [0, 0.1) is 18.3 Å². The van der Waals surface area contributed by atoms with E-state index >= 15 is 0 Å². The zero-order valence-corrected chi connectivity index (χ0v) is 53.3. The Balaban J connectivity index is 0.596. The summed E-state index contributed by atoms with van der Waals surface area (Å²) in [5.41, 5.74) is 5.56. The number of aliphatic hydroxyl groups excluding tert-OH is 1. The summed E-state index contributed by atoms with van der Waals surface area (Å²) in [6, 6.07) is 14.2. The Hall–Kier alpha value is -6.73. The molecule has 4 aromatic rings. The fourth-order valence-electron chi connectivity index (χ4n) is 11.8. The van der Waals surface area contributed by atoms with Crippen LogP contribution < -0.4 is 20.9 Å². The number of carbonyl (C=O) groups excluding carboxylic acids is 6. The molecule has 0 aliphatic carbocycles. The molecule has 4 saturated heterocycles. The molecule has 4 N–H and O–H groups in total. The van der Waals surface area contributed by atoms with Crippen LogP contribution in [0.1, 0.15) is 112 Å². The number of unbranched alkanes of at least 4 members (excludes halogenated alkanes) is 1. The van der Waals surface area contributed by atoms with Gasteiger partial charge >= 0.3 is 0 Å². The number of piperidine rings is 2. The van der Waals surface area contributed by atoms with E-state index in [-0.39, 0.29) is 68.7 Å². The third-order valence-electron chi connectivity index (χ3n) is 17.1. The van der Waals surface area contributed by atoms with Gasteiger partial charge in [-0.1, -0.05) is 63.9 Å². The topological polar surface area (TPSA) is 251 Å². The van der Waals surface area contributed by atoms with Gasteiger partial charge in [0, 0.05) is 116 Å². The number of carbonyl (C=O) groups is 6. The second-order valence-electron chi connectivity index (χ2n) is 24.6. The number of β-amino-alcohol motifs (C(OH)–C–C–N with tert-alkyl or cyclic N) is 1. The molecule has 23 heteroatoms. The van der Waals surface area contributed by atoms with Crippen molar-refractivity contribution in [3.63, 3.8) is 0 Å². The number of anilines is 1. The monoisotopic (exact) mass is 1250 g/mol. The minimum Gasteiger partial charge on any atom is -0.391 e. The second-order valence-corrected chi connectivity index (χ2v) is 25.4. The van der Waals surface area contributed by atoms with Crippen molar-refractivity contribution in [2.45, 2.75) is 123 Å². The first kappa shape index (κ1) is 68.2. The van der Waals surface area contributed by atoms with Crippen LogP contribution in [0.3, 0.4) is 0 Å². The molecule has 4 aliphatic rings. The highest BCUT2D eigenvalue weighted by Gasteiger charge is 2.44. The molecule has 6 amide bonds. The van der Waals surface area contributed by atoms with Crippen molar-refractivity contribution in [3.05, 3.63) is 101 Å². The molecule has 22 nitrogen and oxygen atoms in total. The average molecular weight is 1250 g/mol. The summed E-state index contributed by atoms with van der Waals surface area (Å²) in [7, 11) is 0. The van der Waals surface area contributed by atoms with E-state index in [1.165, 1.54) is 4.90 Å². The Kier molecular flexibility index (Phi) is 26.8. The molecule has 0 spiro atoms. The average Bonchev–Trinajstić information content (AvgIpc) is 2.37. The molecule has 4 aliphatic heterocycles. The van der Waals surface area contributed by atoms with Crippen LogP contribution in [0.5, 0.6) is 0 Å². The lowest BCUT2D eigenvalue weighted by molar-refractivity contribution is -0.144. The van der Waals surface area contributed by atoms with Crippen molar-refractivity contribution in [1.82, 2.24) is 50.5 Å². The maximum atomic E-state index is 14.0. The molecule has 4 fully saturated rings. The molecule has 3 atom stereocenters. The number of pyridine rings is 2. The highest BCUT2D eigenvalue weighted by molar-refractivity contribution is 7.13. The van der Waals surface area contributed by atoms with Crippen molar-refractivity contribution in [2.75, 3.05) is 123 Å². The highest BCUT2D eigenvalue weighted by atomic mass is 32.1. The number of ether oxygens (including phenoxy) is 4. The van der Waals surface area contributed by atoms with Crippen LogP contribution in [0.4, 0.5) is 5.82 Å². The van der Waals surface area contributed by atoms with Gasteiger partial charge in [0.2, 0.25) is 29.5 Å². The standard InChI is InChI=1S/C66H93N11O11S/c1-48-61(89-47-71-48)52-13-10-51(11-14-52)44-70-63(82)56-42-55(78)46-77(56)65(84)62(66(2,3)4)72-59(80)22-34-85-36-38-87-40-41-88-39-37-86-35-23-60(81)75-32-30-73(31-33-75)54-20-28-74(29-21-54)57-16-15-53(45-69-57)64(83)76-26-18-49(19-27-76)8-5-6-25-68-58(79)17-12-50-9-7-24-67-43-50/h7,9-17,24,43,45,47,49,54-56,62,78H,5-6,8,18-23,25-42,44,46H2,1-4H3,(H,68,79)(H,70,82)(H,72,80)/b17-12+/t55-,56+,62-/m1/s1. The summed E-state index contributed by atoms with van der Waals surface area (Å²) < 4.78 is 22.6. The molecular formula is C66H93N11O11S. The molecule has 0 unspecified atom stereocenters. The normalized spacial score (nSPS) is 18.3. The molecule has 0 radical (unpaired) electrons. The second kappa shape index (κ2) is 35.0. The largest absolute Gasteiger partial charge is 0.391 e. The zero-order chi connectivity index (χ0) is 63.0. The molecule has 3 aromatic heterocycles. The SMILES string of the molecule is Cc1ncsc1-c1ccc(CNC(=O)[C@@H]2C[C@@H](O)CN2C(=O)[C@@H](NC(=O)CCOCCOCCOCCOCCC(=O)N2CCN(C3CCN(c4ccc(C(=O)N5CCC(CCCCNC(=O)/C=C/c6cccnc6)CC5)cn4)CC3)CC2)C(C)(C)C)cc1. The number of benzene rings is 1. The molecular weight excluding hydrogens is 1150 g/mol. The number of amides is 6. The molecule has 89 heavy (non-hydrogen) atoms. The Morgan fingerprint density at radius 2 is 1.44 bits per heavy atom.